The summed E-state index contributed by atoms with van der Waals surface area (Å²) in [6.07, 6.45) is 0.826. The summed E-state index contributed by atoms with van der Waals surface area (Å²) < 4.78 is 12.1. The van der Waals surface area contributed by atoms with E-state index in [1.807, 2.05) is 6.92 Å². The molecule has 66 valence electrons. The number of anilines is 1. The van der Waals surface area contributed by atoms with Gasteiger partial charge in [-0.15, -0.1) is 15.8 Å². The topological polar surface area (TPSA) is 32.3 Å². The maximum Gasteiger partial charge on any atom is 0.129 e. The Morgan fingerprint density at radius 1 is 1.83 bits per heavy atom. The van der Waals surface area contributed by atoms with Gasteiger partial charge < -0.3 is 5.11 Å². The molecule has 1 rings (SSSR count). The van der Waals surface area contributed by atoms with Crippen molar-refractivity contribution in [2.75, 3.05) is 5.54 Å². The van der Waals surface area contributed by atoms with Crippen LogP contribution in [-0.2, 0) is 6.42 Å². The Morgan fingerprint density at radius 3 is 2.83 bits per heavy atom. The maximum atomic E-state index is 12.1. The molecule has 2 nitrogen and oxygen atoms in total. The Morgan fingerprint density at radius 2 is 2.50 bits per heavy atom. The fourth-order valence-electron chi connectivity index (χ4n) is 0.901. The molecule has 2 N–H and O–H groups in total. The van der Waals surface area contributed by atoms with Crippen molar-refractivity contribution in [3.63, 3.8) is 0 Å². The zero-order valence-electron chi connectivity index (χ0n) is 6.72. The normalized spacial score (nSPS) is 9.83. The Bertz CT molecular complexity index is 295. The standard InChI is InChI=1S/C8H10FNOS/c1-3-6-4-7(5(2)11)8(10-9)12-6/h4,10-11H,2-3H2,1H3. The minimum Gasteiger partial charge on any atom is -0.508 e. The molecule has 4 heteroatoms. The summed E-state index contributed by atoms with van der Waals surface area (Å²) in [7, 11) is 0. The van der Waals surface area contributed by atoms with E-state index < -0.39 is 0 Å². The summed E-state index contributed by atoms with van der Waals surface area (Å²) in [5.74, 6) is -0.105. The lowest BCUT2D eigenvalue weighted by atomic mass is 10.2. The van der Waals surface area contributed by atoms with E-state index in [1.165, 1.54) is 16.9 Å². The highest BCUT2D eigenvalue weighted by molar-refractivity contribution is 7.16. The summed E-state index contributed by atoms with van der Waals surface area (Å²) in [6.45, 7) is 5.31. The monoisotopic (exact) mass is 187 g/mol. The molecule has 1 aromatic heterocycles. The Kier molecular flexibility index (Phi) is 2.70. The van der Waals surface area contributed by atoms with Crippen LogP contribution in [0.4, 0.5) is 9.48 Å². The molecule has 0 atom stereocenters. The van der Waals surface area contributed by atoms with Gasteiger partial charge in [-0.25, -0.2) is 5.54 Å². The van der Waals surface area contributed by atoms with Crippen LogP contribution in [0.3, 0.4) is 0 Å². The molecule has 0 amide bonds. The van der Waals surface area contributed by atoms with Crippen molar-refractivity contribution in [2.45, 2.75) is 13.3 Å². The molecule has 1 aromatic rings. The van der Waals surface area contributed by atoms with Gasteiger partial charge in [0.15, 0.2) is 0 Å². The van der Waals surface area contributed by atoms with E-state index in [9.17, 15) is 4.48 Å². The van der Waals surface area contributed by atoms with Crippen molar-refractivity contribution < 1.29 is 9.59 Å². The predicted octanol–water partition coefficient (Wildman–Crippen LogP) is 3.14. The smallest absolute Gasteiger partial charge is 0.129 e. The molecular formula is C8H10FNOS. The lowest BCUT2D eigenvalue weighted by Crippen LogP contribution is -1.83. The van der Waals surface area contributed by atoms with Crippen molar-refractivity contribution in [1.82, 2.24) is 0 Å². The second kappa shape index (κ2) is 3.58. The number of aliphatic hydroxyl groups is 1. The lowest BCUT2D eigenvalue weighted by molar-refractivity contribution is 0.513. The second-order valence-electron chi connectivity index (χ2n) is 2.35. The zero-order valence-corrected chi connectivity index (χ0v) is 7.54. The molecule has 0 unspecified atom stereocenters. The quantitative estimate of drug-likeness (QED) is 0.562. The van der Waals surface area contributed by atoms with Crippen molar-refractivity contribution in [1.29, 1.82) is 0 Å². The zero-order chi connectivity index (χ0) is 9.14. The number of aryl methyl sites for hydroxylation is 1. The first kappa shape index (κ1) is 9.06. The van der Waals surface area contributed by atoms with E-state index in [-0.39, 0.29) is 5.76 Å². The van der Waals surface area contributed by atoms with Gasteiger partial charge in [-0.1, -0.05) is 13.5 Å². The predicted molar refractivity (Wildman–Crippen MR) is 50.1 cm³/mol. The molecule has 1 heterocycles. The van der Waals surface area contributed by atoms with Gasteiger partial charge in [-0.2, -0.15) is 0 Å². The van der Waals surface area contributed by atoms with Crippen LogP contribution in [0, 0.1) is 0 Å². The van der Waals surface area contributed by atoms with Crippen molar-refractivity contribution in [3.8, 4) is 0 Å². The second-order valence-corrected chi connectivity index (χ2v) is 3.49. The van der Waals surface area contributed by atoms with Crippen molar-refractivity contribution >= 4 is 22.1 Å². The molecule has 0 saturated heterocycles. The molecule has 0 spiro atoms. The fourth-order valence-corrected chi connectivity index (χ4v) is 1.81. The number of aliphatic hydroxyl groups excluding tert-OH is 1. The van der Waals surface area contributed by atoms with Crippen LogP contribution in [-0.4, -0.2) is 5.11 Å². The SMILES string of the molecule is C=C(O)c1cc(CC)sc1NF. The number of rotatable bonds is 3. The third-order valence-corrected chi connectivity index (χ3v) is 2.70. The van der Waals surface area contributed by atoms with Gasteiger partial charge in [-0.05, 0) is 12.5 Å². The molecule has 0 aromatic carbocycles. The van der Waals surface area contributed by atoms with Crippen LogP contribution >= 0.6 is 11.3 Å². The molecule has 0 aliphatic heterocycles. The first-order valence-corrected chi connectivity index (χ1v) is 4.38. The van der Waals surface area contributed by atoms with Crippen LogP contribution < -0.4 is 5.54 Å². The van der Waals surface area contributed by atoms with E-state index in [1.54, 1.807) is 6.07 Å². The summed E-state index contributed by atoms with van der Waals surface area (Å²) >= 11 is 1.28. The summed E-state index contributed by atoms with van der Waals surface area (Å²) in [6, 6.07) is 1.73. The number of hydrogen-bond acceptors (Lipinski definition) is 3. The van der Waals surface area contributed by atoms with Crippen LogP contribution in [0.15, 0.2) is 12.6 Å². The van der Waals surface area contributed by atoms with Crippen LogP contribution in [0.1, 0.15) is 17.4 Å². The first-order valence-electron chi connectivity index (χ1n) is 3.56. The highest BCUT2D eigenvalue weighted by atomic mass is 32.1. The maximum absolute atomic E-state index is 12.1. The summed E-state index contributed by atoms with van der Waals surface area (Å²) in [5, 5.41) is 9.37. The van der Waals surface area contributed by atoms with E-state index in [2.05, 4.69) is 6.58 Å². The average Bonchev–Trinajstić information content (AvgIpc) is 2.47. The highest BCUT2D eigenvalue weighted by Gasteiger charge is 2.09. The molecule has 0 aliphatic carbocycles. The Hall–Kier alpha value is -1.03. The number of nitrogens with one attached hydrogen (secondary N) is 1. The van der Waals surface area contributed by atoms with Gasteiger partial charge in [0, 0.05) is 4.88 Å². The van der Waals surface area contributed by atoms with Crippen LogP contribution in [0.5, 0.6) is 0 Å². The molecule has 0 radical (unpaired) electrons. The fraction of sp³-hybridized carbons (Fsp3) is 0.250. The van der Waals surface area contributed by atoms with Crippen LogP contribution in [0.25, 0.3) is 5.76 Å². The average molecular weight is 187 g/mol. The molecule has 0 fully saturated rings. The summed E-state index contributed by atoms with van der Waals surface area (Å²) in [4.78, 5) is 1.01. The van der Waals surface area contributed by atoms with E-state index >= 15 is 0 Å². The number of hydrogen-bond donors (Lipinski definition) is 2. The Balaban J connectivity index is 3.08. The molecule has 0 aliphatic rings. The highest BCUT2D eigenvalue weighted by Crippen LogP contribution is 2.31. The van der Waals surface area contributed by atoms with Gasteiger partial charge in [0.1, 0.15) is 10.8 Å². The molecule has 0 saturated carbocycles. The van der Waals surface area contributed by atoms with Crippen LogP contribution in [0.2, 0.25) is 0 Å². The lowest BCUT2D eigenvalue weighted by Gasteiger charge is -1.95. The molecular weight excluding hydrogens is 177 g/mol. The van der Waals surface area contributed by atoms with Gasteiger partial charge in [0.2, 0.25) is 0 Å². The van der Waals surface area contributed by atoms with Gasteiger partial charge in [0.05, 0.1) is 5.56 Å². The van der Waals surface area contributed by atoms with Gasteiger partial charge in [-0.3, -0.25) is 0 Å². The third-order valence-electron chi connectivity index (χ3n) is 1.53. The minimum absolute atomic E-state index is 0.105. The summed E-state index contributed by atoms with van der Waals surface area (Å²) in [5.41, 5.74) is 1.97. The van der Waals surface area contributed by atoms with E-state index in [0.717, 1.165) is 11.3 Å². The Labute approximate surface area is 74.3 Å². The van der Waals surface area contributed by atoms with E-state index in [4.69, 9.17) is 5.11 Å². The number of halogens is 1. The number of thiophene rings is 1. The van der Waals surface area contributed by atoms with Crippen molar-refractivity contribution in [2.24, 2.45) is 0 Å². The third kappa shape index (κ3) is 1.58. The largest absolute Gasteiger partial charge is 0.508 e. The molecule has 12 heavy (non-hydrogen) atoms. The van der Waals surface area contributed by atoms with Gasteiger partial charge >= 0.3 is 0 Å². The molecule has 0 bridgehead atoms. The minimum atomic E-state index is -0.105. The van der Waals surface area contributed by atoms with Gasteiger partial charge in [0.25, 0.3) is 0 Å². The first-order chi connectivity index (χ1) is 5.69. The van der Waals surface area contributed by atoms with E-state index in [0.29, 0.717) is 10.6 Å². The van der Waals surface area contributed by atoms with Crippen molar-refractivity contribution in [3.05, 3.63) is 23.1 Å².